The van der Waals surface area contributed by atoms with Crippen molar-refractivity contribution in [3.63, 3.8) is 0 Å². The lowest BCUT2D eigenvalue weighted by atomic mass is 9.89. The van der Waals surface area contributed by atoms with Crippen molar-refractivity contribution >= 4 is 0 Å². The average molecular weight is 289 g/mol. The SMILES string of the molecule is Cc1ccccc1C(CCC1CCCO1)CNC(C)(C)C. The Hall–Kier alpha value is -0.860. The third-order valence-corrected chi connectivity index (χ3v) is 4.37. The Morgan fingerprint density at radius 2 is 2.05 bits per heavy atom. The average Bonchev–Trinajstić information content (AvgIpc) is 2.92. The summed E-state index contributed by atoms with van der Waals surface area (Å²) in [7, 11) is 0. The Morgan fingerprint density at radius 1 is 1.29 bits per heavy atom. The molecule has 1 heterocycles. The van der Waals surface area contributed by atoms with Crippen molar-refractivity contribution in [3.05, 3.63) is 35.4 Å². The highest BCUT2D eigenvalue weighted by Crippen LogP contribution is 2.27. The lowest BCUT2D eigenvalue weighted by Gasteiger charge is -2.27. The van der Waals surface area contributed by atoms with Gasteiger partial charge in [-0.1, -0.05) is 24.3 Å². The fourth-order valence-corrected chi connectivity index (χ4v) is 3.10. The number of ether oxygens (including phenoxy) is 1. The molecule has 1 aliphatic rings. The van der Waals surface area contributed by atoms with E-state index in [9.17, 15) is 0 Å². The Labute approximate surface area is 130 Å². The summed E-state index contributed by atoms with van der Waals surface area (Å²) >= 11 is 0. The molecule has 1 aromatic rings. The summed E-state index contributed by atoms with van der Waals surface area (Å²) in [6, 6.07) is 8.82. The third-order valence-electron chi connectivity index (χ3n) is 4.37. The first kappa shape index (κ1) is 16.5. The molecule has 0 amide bonds. The number of benzene rings is 1. The molecule has 0 saturated carbocycles. The maximum absolute atomic E-state index is 5.79. The van der Waals surface area contributed by atoms with Gasteiger partial charge in [0.05, 0.1) is 6.10 Å². The maximum Gasteiger partial charge on any atom is 0.0576 e. The Balaban J connectivity index is 2.00. The number of rotatable bonds is 6. The van der Waals surface area contributed by atoms with Crippen LogP contribution in [0.2, 0.25) is 0 Å². The highest BCUT2D eigenvalue weighted by molar-refractivity contribution is 5.29. The molecule has 2 nitrogen and oxygen atoms in total. The zero-order valence-electron chi connectivity index (χ0n) is 14.1. The molecule has 1 aromatic carbocycles. The van der Waals surface area contributed by atoms with Crippen LogP contribution in [-0.2, 0) is 4.74 Å². The standard InChI is InChI=1S/C19H31NO/c1-15-8-5-6-10-18(15)16(14-20-19(2,3)4)11-12-17-9-7-13-21-17/h5-6,8,10,16-17,20H,7,9,11-14H2,1-4H3. The van der Waals surface area contributed by atoms with Crippen LogP contribution in [-0.4, -0.2) is 24.8 Å². The fraction of sp³-hybridized carbons (Fsp3) is 0.684. The maximum atomic E-state index is 5.79. The van der Waals surface area contributed by atoms with Gasteiger partial charge < -0.3 is 10.1 Å². The van der Waals surface area contributed by atoms with Crippen LogP contribution in [0.15, 0.2) is 24.3 Å². The van der Waals surface area contributed by atoms with E-state index < -0.39 is 0 Å². The zero-order chi connectivity index (χ0) is 15.3. The molecular formula is C19H31NO. The van der Waals surface area contributed by atoms with Gasteiger partial charge in [0, 0.05) is 18.7 Å². The van der Waals surface area contributed by atoms with Crippen LogP contribution in [0.1, 0.15) is 63.5 Å². The van der Waals surface area contributed by atoms with Gasteiger partial charge in [0.2, 0.25) is 0 Å². The molecule has 2 heteroatoms. The van der Waals surface area contributed by atoms with E-state index in [0.29, 0.717) is 12.0 Å². The van der Waals surface area contributed by atoms with Gasteiger partial charge in [0.1, 0.15) is 0 Å². The molecule has 0 spiro atoms. The van der Waals surface area contributed by atoms with E-state index in [2.05, 4.69) is 57.3 Å². The van der Waals surface area contributed by atoms with Crippen LogP contribution in [0, 0.1) is 6.92 Å². The van der Waals surface area contributed by atoms with Crippen LogP contribution in [0.5, 0.6) is 0 Å². The summed E-state index contributed by atoms with van der Waals surface area (Å²) in [6.07, 6.45) is 5.36. The molecule has 0 aromatic heterocycles. The summed E-state index contributed by atoms with van der Waals surface area (Å²) in [5, 5.41) is 3.68. The van der Waals surface area contributed by atoms with Crippen molar-refractivity contribution in [3.8, 4) is 0 Å². The molecule has 0 aliphatic carbocycles. The van der Waals surface area contributed by atoms with Gasteiger partial charge in [-0.15, -0.1) is 0 Å². The van der Waals surface area contributed by atoms with Gasteiger partial charge >= 0.3 is 0 Å². The predicted octanol–water partition coefficient (Wildman–Crippen LogP) is 4.43. The molecule has 1 saturated heterocycles. The lowest BCUT2D eigenvalue weighted by Crippen LogP contribution is -2.38. The van der Waals surface area contributed by atoms with Gasteiger partial charge in [-0.25, -0.2) is 0 Å². The van der Waals surface area contributed by atoms with E-state index >= 15 is 0 Å². The number of hydrogen-bond acceptors (Lipinski definition) is 2. The molecule has 1 aliphatic heterocycles. The quantitative estimate of drug-likeness (QED) is 0.836. The van der Waals surface area contributed by atoms with Gasteiger partial charge in [0.25, 0.3) is 0 Å². The summed E-state index contributed by atoms with van der Waals surface area (Å²) < 4.78 is 5.79. The van der Waals surface area contributed by atoms with Gasteiger partial charge in [0.15, 0.2) is 0 Å². The highest BCUT2D eigenvalue weighted by atomic mass is 16.5. The van der Waals surface area contributed by atoms with E-state index in [1.54, 1.807) is 0 Å². The summed E-state index contributed by atoms with van der Waals surface area (Å²) in [6.45, 7) is 10.9. The summed E-state index contributed by atoms with van der Waals surface area (Å²) in [4.78, 5) is 0. The molecule has 2 rings (SSSR count). The minimum atomic E-state index is 0.171. The highest BCUT2D eigenvalue weighted by Gasteiger charge is 2.21. The second-order valence-electron chi connectivity index (χ2n) is 7.40. The minimum absolute atomic E-state index is 0.171. The lowest BCUT2D eigenvalue weighted by molar-refractivity contribution is 0.100. The normalized spacial score (nSPS) is 20.7. The van der Waals surface area contributed by atoms with Crippen LogP contribution in [0.25, 0.3) is 0 Å². The van der Waals surface area contributed by atoms with E-state index in [-0.39, 0.29) is 5.54 Å². The number of nitrogens with one attached hydrogen (secondary N) is 1. The van der Waals surface area contributed by atoms with Crippen LogP contribution in [0.4, 0.5) is 0 Å². The van der Waals surface area contributed by atoms with Gasteiger partial charge in [-0.3, -0.25) is 0 Å². The van der Waals surface area contributed by atoms with E-state index in [4.69, 9.17) is 4.74 Å². The monoisotopic (exact) mass is 289 g/mol. The molecule has 1 fully saturated rings. The molecule has 118 valence electrons. The molecule has 2 unspecified atom stereocenters. The first-order valence-electron chi connectivity index (χ1n) is 8.38. The molecule has 1 N–H and O–H groups in total. The van der Waals surface area contributed by atoms with E-state index in [0.717, 1.165) is 13.2 Å². The Bertz CT molecular complexity index is 429. The van der Waals surface area contributed by atoms with Crippen LogP contribution >= 0.6 is 0 Å². The van der Waals surface area contributed by atoms with Crippen molar-refractivity contribution in [2.24, 2.45) is 0 Å². The van der Waals surface area contributed by atoms with Crippen molar-refractivity contribution in [1.29, 1.82) is 0 Å². The minimum Gasteiger partial charge on any atom is -0.378 e. The van der Waals surface area contributed by atoms with Crippen molar-refractivity contribution in [1.82, 2.24) is 5.32 Å². The van der Waals surface area contributed by atoms with Crippen molar-refractivity contribution < 1.29 is 4.74 Å². The molecule has 0 radical (unpaired) electrons. The molecule has 0 bridgehead atoms. The van der Waals surface area contributed by atoms with Crippen molar-refractivity contribution in [2.45, 2.75) is 70.9 Å². The molecule has 21 heavy (non-hydrogen) atoms. The number of hydrogen-bond donors (Lipinski definition) is 1. The predicted molar refractivity (Wildman–Crippen MR) is 89.9 cm³/mol. The van der Waals surface area contributed by atoms with E-state index in [1.165, 1.54) is 36.8 Å². The third kappa shape index (κ3) is 5.44. The van der Waals surface area contributed by atoms with Crippen LogP contribution < -0.4 is 5.32 Å². The van der Waals surface area contributed by atoms with Crippen LogP contribution in [0.3, 0.4) is 0 Å². The number of aryl methyl sites for hydroxylation is 1. The smallest absolute Gasteiger partial charge is 0.0576 e. The summed E-state index contributed by atoms with van der Waals surface area (Å²) in [5.74, 6) is 0.578. The molecular weight excluding hydrogens is 258 g/mol. The molecule has 2 atom stereocenters. The fourth-order valence-electron chi connectivity index (χ4n) is 3.10. The topological polar surface area (TPSA) is 21.3 Å². The second-order valence-corrected chi connectivity index (χ2v) is 7.40. The Kier molecular flexibility index (Phi) is 5.83. The van der Waals surface area contributed by atoms with Crippen molar-refractivity contribution in [2.75, 3.05) is 13.2 Å². The second kappa shape index (κ2) is 7.42. The first-order chi connectivity index (χ1) is 9.96. The van der Waals surface area contributed by atoms with Gasteiger partial charge in [-0.2, -0.15) is 0 Å². The van der Waals surface area contributed by atoms with Gasteiger partial charge in [-0.05, 0) is 70.4 Å². The Morgan fingerprint density at radius 3 is 2.67 bits per heavy atom. The zero-order valence-corrected chi connectivity index (χ0v) is 14.1. The summed E-state index contributed by atoms with van der Waals surface area (Å²) in [5.41, 5.74) is 3.07. The largest absolute Gasteiger partial charge is 0.378 e. The first-order valence-corrected chi connectivity index (χ1v) is 8.38. The van der Waals surface area contributed by atoms with E-state index in [1.807, 2.05) is 0 Å².